The van der Waals surface area contributed by atoms with Gasteiger partial charge in [0.2, 0.25) is 0 Å². The summed E-state index contributed by atoms with van der Waals surface area (Å²) in [5, 5.41) is 4.66. The van der Waals surface area contributed by atoms with Gasteiger partial charge in [-0.2, -0.15) is 0 Å². The minimum Gasteiger partial charge on any atom is -0.494 e. The van der Waals surface area contributed by atoms with Gasteiger partial charge < -0.3 is 25.7 Å². The van der Waals surface area contributed by atoms with E-state index in [0.29, 0.717) is 35.8 Å². The molecule has 5 N–H and O–H groups in total. The summed E-state index contributed by atoms with van der Waals surface area (Å²) in [6.07, 6.45) is 5.23. The van der Waals surface area contributed by atoms with E-state index < -0.39 is 0 Å². The fourth-order valence-corrected chi connectivity index (χ4v) is 4.11. The van der Waals surface area contributed by atoms with Crippen molar-refractivity contribution in [1.82, 2.24) is 9.88 Å². The molecule has 8 heteroatoms. The van der Waals surface area contributed by atoms with Gasteiger partial charge >= 0.3 is 0 Å². The molecule has 0 atom stereocenters. The number of hydrazine groups is 1. The molecule has 1 aromatic heterocycles. The standard InChI is InChI=1S/C30H40N6O2/c1-20-10-11-21(16-27(20)36(32)14-12-25(31)22-9-8-13-33-18-22)29(37)34-26-17-24(30(2,3)4)15-23(19-35(5)6)28(26)38-7/h8-13,15-18H,14,19,31-32H2,1-7H3,(H,34,37)/b25-12-. The third kappa shape index (κ3) is 7.12. The van der Waals surface area contributed by atoms with E-state index in [9.17, 15) is 4.79 Å². The van der Waals surface area contributed by atoms with Crippen molar-refractivity contribution in [2.75, 3.05) is 38.1 Å². The van der Waals surface area contributed by atoms with Crippen LogP contribution in [0.1, 0.15) is 53.4 Å². The maximum Gasteiger partial charge on any atom is 0.255 e. The molecule has 1 amide bonds. The number of aromatic nitrogens is 1. The summed E-state index contributed by atoms with van der Waals surface area (Å²) in [4.78, 5) is 19.6. The third-order valence-corrected chi connectivity index (χ3v) is 6.25. The number of carbonyl (C=O) groups excluding carboxylic acids is 1. The smallest absolute Gasteiger partial charge is 0.255 e. The second kappa shape index (κ2) is 12.1. The number of methoxy groups -OCH3 is 1. The fraction of sp³-hybridized carbons (Fsp3) is 0.333. The van der Waals surface area contributed by atoms with Gasteiger partial charge in [-0.3, -0.25) is 9.78 Å². The van der Waals surface area contributed by atoms with Gasteiger partial charge in [0.1, 0.15) is 5.75 Å². The highest BCUT2D eigenvalue weighted by atomic mass is 16.5. The molecule has 38 heavy (non-hydrogen) atoms. The van der Waals surface area contributed by atoms with Crippen LogP contribution >= 0.6 is 0 Å². The Balaban J connectivity index is 1.89. The second-order valence-electron chi connectivity index (χ2n) is 10.7. The van der Waals surface area contributed by atoms with E-state index in [1.54, 1.807) is 36.6 Å². The molecular formula is C30H40N6O2. The minimum absolute atomic E-state index is 0.102. The van der Waals surface area contributed by atoms with Gasteiger partial charge in [-0.15, -0.1) is 0 Å². The zero-order valence-corrected chi connectivity index (χ0v) is 23.5. The van der Waals surface area contributed by atoms with Crippen molar-refractivity contribution in [3.63, 3.8) is 0 Å². The first-order valence-electron chi connectivity index (χ1n) is 12.6. The zero-order chi connectivity index (χ0) is 28.0. The molecule has 0 spiro atoms. The molecule has 0 aliphatic carbocycles. The summed E-state index contributed by atoms with van der Waals surface area (Å²) in [5.41, 5.74) is 12.4. The van der Waals surface area contributed by atoms with Crippen molar-refractivity contribution < 1.29 is 9.53 Å². The van der Waals surface area contributed by atoms with Gasteiger partial charge in [0.25, 0.3) is 5.91 Å². The summed E-state index contributed by atoms with van der Waals surface area (Å²) < 4.78 is 5.76. The van der Waals surface area contributed by atoms with E-state index >= 15 is 0 Å². The molecule has 0 fully saturated rings. The van der Waals surface area contributed by atoms with Crippen molar-refractivity contribution in [3.05, 3.63) is 88.8 Å². The highest BCUT2D eigenvalue weighted by Gasteiger charge is 2.21. The fourth-order valence-electron chi connectivity index (χ4n) is 4.11. The molecule has 0 aliphatic heterocycles. The summed E-state index contributed by atoms with van der Waals surface area (Å²) in [6, 6.07) is 13.3. The molecular weight excluding hydrogens is 476 g/mol. The number of carbonyl (C=O) groups is 1. The number of hydrogen-bond donors (Lipinski definition) is 3. The van der Waals surface area contributed by atoms with E-state index in [4.69, 9.17) is 16.3 Å². The number of hydrogen-bond acceptors (Lipinski definition) is 7. The maximum atomic E-state index is 13.4. The predicted octanol–water partition coefficient (Wildman–Crippen LogP) is 4.69. The Kier molecular flexibility index (Phi) is 9.14. The molecule has 8 nitrogen and oxygen atoms in total. The van der Waals surface area contributed by atoms with E-state index in [0.717, 1.165) is 27.9 Å². The van der Waals surface area contributed by atoms with Gasteiger partial charge in [-0.05, 0) is 74.0 Å². The Bertz CT molecular complexity index is 1300. The minimum atomic E-state index is -0.245. The third-order valence-electron chi connectivity index (χ3n) is 6.25. The number of nitrogens with zero attached hydrogens (tertiary/aromatic N) is 3. The Labute approximate surface area is 226 Å². The monoisotopic (exact) mass is 516 g/mol. The average molecular weight is 517 g/mol. The molecule has 202 valence electrons. The van der Waals surface area contributed by atoms with Crippen molar-refractivity contribution in [1.29, 1.82) is 0 Å². The van der Waals surface area contributed by atoms with Crippen LogP contribution in [0.3, 0.4) is 0 Å². The van der Waals surface area contributed by atoms with Gasteiger partial charge in [0, 0.05) is 41.3 Å². The Morgan fingerprint density at radius 2 is 1.87 bits per heavy atom. The number of nitrogens with one attached hydrogen (secondary N) is 1. The van der Waals surface area contributed by atoms with Crippen LogP contribution in [0, 0.1) is 6.92 Å². The van der Waals surface area contributed by atoms with Crippen LogP contribution in [0.2, 0.25) is 0 Å². The number of rotatable bonds is 9. The topological polar surface area (TPSA) is 110 Å². The van der Waals surface area contributed by atoms with E-state index in [2.05, 4.69) is 42.0 Å². The van der Waals surface area contributed by atoms with Crippen LogP contribution in [0.4, 0.5) is 11.4 Å². The lowest BCUT2D eigenvalue weighted by Crippen LogP contribution is -2.32. The number of benzene rings is 2. The largest absolute Gasteiger partial charge is 0.494 e. The second-order valence-corrected chi connectivity index (χ2v) is 10.7. The van der Waals surface area contributed by atoms with Crippen LogP contribution in [0.15, 0.2) is 60.9 Å². The van der Waals surface area contributed by atoms with Gasteiger partial charge in [-0.25, -0.2) is 5.84 Å². The molecule has 3 rings (SSSR count). The van der Waals surface area contributed by atoms with E-state index in [1.807, 2.05) is 51.4 Å². The SMILES string of the molecule is COc1c(CN(C)C)cc(C(C)(C)C)cc1NC(=O)c1ccc(C)c(N(N)C/C=C(\N)c2cccnc2)c1. The van der Waals surface area contributed by atoms with Crippen LogP contribution < -0.4 is 26.6 Å². The Morgan fingerprint density at radius 3 is 2.47 bits per heavy atom. The lowest BCUT2D eigenvalue weighted by molar-refractivity contribution is 0.102. The molecule has 2 aromatic carbocycles. The molecule has 0 aliphatic rings. The molecule has 0 saturated heterocycles. The molecule has 0 saturated carbocycles. The number of nitrogens with two attached hydrogens (primary N) is 2. The summed E-state index contributed by atoms with van der Waals surface area (Å²) in [6.45, 7) is 9.45. The highest BCUT2D eigenvalue weighted by Crippen LogP contribution is 2.36. The zero-order valence-electron chi connectivity index (χ0n) is 23.5. The lowest BCUT2D eigenvalue weighted by atomic mass is 9.85. The van der Waals surface area contributed by atoms with Crippen LogP contribution in [0.25, 0.3) is 5.70 Å². The van der Waals surface area contributed by atoms with Crippen molar-refractivity contribution in [2.24, 2.45) is 11.6 Å². The quantitative estimate of drug-likeness (QED) is 0.280. The lowest BCUT2D eigenvalue weighted by Gasteiger charge is -2.25. The highest BCUT2D eigenvalue weighted by molar-refractivity contribution is 6.06. The first-order chi connectivity index (χ1) is 17.9. The summed E-state index contributed by atoms with van der Waals surface area (Å²) >= 11 is 0. The van der Waals surface area contributed by atoms with Crippen LogP contribution in [0.5, 0.6) is 5.75 Å². The van der Waals surface area contributed by atoms with Gasteiger partial charge in [0.15, 0.2) is 0 Å². The van der Waals surface area contributed by atoms with Crippen LogP contribution in [-0.4, -0.2) is 43.5 Å². The number of anilines is 2. The first kappa shape index (κ1) is 28.7. The molecule has 0 unspecified atom stereocenters. The van der Waals surface area contributed by atoms with Crippen molar-refractivity contribution in [2.45, 2.75) is 39.7 Å². The van der Waals surface area contributed by atoms with Crippen LogP contribution in [-0.2, 0) is 12.0 Å². The molecule has 0 radical (unpaired) electrons. The summed E-state index contributed by atoms with van der Waals surface area (Å²) in [5.74, 6) is 6.80. The Morgan fingerprint density at radius 1 is 1.13 bits per heavy atom. The van der Waals surface area contributed by atoms with Gasteiger partial charge in [0.05, 0.1) is 25.0 Å². The number of ether oxygens (including phenoxy) is 1. The molecule has 1 heterocycles. The predicted molar refractivity (Wildman–Crippen MR) is 156 cm³/mol. The molecule has 3 aromatic rings. The maximum absolute atomic E-state index is 13.4. The number of aryl methyl sites for hydroxylation is 1. The van der Waals surface area contributed by atoms with Gasteiger partial charge in [-0.1, -0.05) is 32.9 Å². The van der Waals surface area contributed by atoms with Crippen molar-refractivity contribution >= 4 is 23.0 Å². The average Bonchev–Trinajstić information content (AvgIpc) is 2.86. The first-order valence-corrected chi connectivity index (χ1v) is 12.6. The Hall–Kier alpha value is -3.88. The summed E-state index contributed by atoms with van der Waals surface area (Å²) in [7, 11) is 5.64. The number of amides is 1. The van der Waals surface area contributed by atoms with E-state index in [1.165, 1.54) is 0 Å². The molecule has 0 bridgehead atoms. The number of pyridine rings is 1. The van der Waals surface area contributed by atoms with E-state index in [-0.39, 0.29) is 11.3 Å². The van der Waals surface area contributed by atoms with Crippen molar-refractivity contribution in [3.8, 4) is 5.75 Å². The normalized spacial score (nSPS) is 12.0.